The summed E-state index contributed by atoms with van der Waals surface area (Å²) in [6.45, 7) is 4.85. The Kier molecular flexibility index (Phi) is 6.37. The van der Waals surface area contributed by atoms with Crippen molar-refractivity contribution < 1.29 is 14.3 Å². The van der Waals surface area contributed by atoms with Crippen LogP contribution in [0, 0.1) is 6.92 Å². The first-order valence-corrected chi connectivity index (χ1v) is 14.5. The molecule has 2 aliphatic rings. The van der Waals surface area contributed by atoms with Crippen LogP contribution in [0.3, 0.4) is 0 Å². The van der Waals surface area contributed by atoms with Gasteiger partial charge in [-0.2, -0.15) is 0 Å². The normalized spacial score (nSPS) is 16.2. The van der Waals surface area contributed by atoms with E-state index in [4.69, 9.17) is 32.7 Å². The molecule has 0 aromatic heterocycles. The molecule has 2 heterocycles. The van der Waals surface area contributed by atoms with Crippen molar-refractivity contribution in [2.45, 2.75) is 19.4 Å². The van der Waals surface area contributed by atoms with Crippen molar-refractivity contribution >= 4 is 51.9 Å². The summed E-state index contributed by atoms with van der Waals surface area (Å²) < 4.78 is 13.0. The van der Waals surface area contributed by atoms with Gasteiger partial charge in [0.1, 0.15) is 11.5 Å². The number of ether oxygens (including phenoxy) is 2. The zero-order valence-electron chi connectivity index (χ0n) is 22.9. The highest BCUT2D eigenvalue weighted by Gasteiger charge is 2.53. The molecule has 0 amide bonds. The van der Waals surface area contributed by atoms with Crippen LogP contribution in [0.4, 0.5) is 22.7 Å². The average molecular weight is 594 g/mol. The van der Waals surface area contributed by atoms with Crippen molar-refractivity contribution in [3.05, 3.63) is 141 Å². The third-order valence-electron chi connectivity index (χ3n) is 7.93. The number of halogens is 2. The third-order valence-corrected chi connectivity index (χ3v) is 8.44. The second kappa shape index (κ2) is 10.1. The number of anilines is 4. The molecule has 7 heteroatoms. The monoisotopic (exact) mass is 592 g/mol. The smallest absolute Gasteiger partial charge is 0.340 e. The SMILES string of the molecule is CCN(c1ccc(Cl)cc1)c1ccc2c(c1)Oc1cc(C)c(Nc3ccc(Cl)cc3)cc1C21OC(=O)c2ccccc21. The summed E-state index contributed by atoms with van der Waals surface area (Å²) in [5, 5.41) is 4.85. The maximum absolute atomic E-state index is 13.4. The molecule has 0 saturated heterocycles. The number of nitrogens with one attached hydrogen (secondary N) is 1. The van der Waals surface area contributed by atoms with Gasteiger partial charge in [-0.15, -0.1) is 0 Å². The molecule has 2 aliphatic heterocycles. The lowest BCUT2D eigenvalue weighted by atomic mass is 9.77. The minimum atomic E-state index is -1.17. The summed E-state index contributed by atoms with van der Waals surface area (Å²) in [6, 6.07) is 33.0. The van der Waals surface area contributed by atoms with Crippen LogP contribution in [0.2, 0.25) is 10.0 Å². The average Bonchev–Trinajstić information content (AvgIpc) is 3.29. The van der Waals surface area contributed by atoms with Gasteiger partial charge < -0.3 is 19.7 Å². The molecule has 5 aromatic rings. The quantitative estimate of drug-likeness (QED) is 0.206. The molecule has 42 heavy (non-hydrogen) atoms. The Morgan fingerprint density at radius 2 is 1.43 bits per heavy atom. The molecule has 0 bridgehead atoms. The molecule has 208 valence electrons. The van der Waals surface area contributed by atoms with Crippen molar-refractivity contribution in [3.8, 4) is 11.5 Å². The van der Waals surface area contributed by atoms with Gasteiger partial charge in [0.15, 0.2) is 5.60 Å². The van der Waals surface area contributed by atoms with Gasteiger partial charge in [-0.05, 0) is 98.3 Å². The summed E-state index contributed by atoms with van der Waals surface area (Å²) in [6.07, 6.45) is 0. The zero-order valence-corrected chi connectivity index (χ0v) is 24.5. The van der Waals surface area contributed by atoms with E-state index in [-0.39, 0.29) is 5.97 Å². The van der Waals surface area contributed by atoms with Crippen molar-refractivity contribution in [2.24, 2.45) is 0 Å². The minimum absolute atomic E-state index is 0.363. The van der Waals surface area contributed by atoms with Crippen molar-refractivity contribution in [1.82, 2.24) is 0 Å². The Balaban J connectivity index is 1.40. The molecule has 0 fully saturated rings. The predicted octanol–water partition coefficient (Wildman–Crippen LogP) is 9.77. The molecule has 1 atom stereocenters. The van der Waals surface area contributed by atoms with Crippen LogP contribution < -0.4 is 15.0 Å². The van der Waals surface area contributed by atoms with E-state index in [9.17, 15) is 4.79 Å². The van der Waals surface area contributed by atoms with Crippen LogP contribution in [-0.4, -0.2) is 12.5 Å². The summed E-state index contributed by atoms with van der Waals surface area (Å²) in [5.74, 6) is 0.908. The van der Waals surface area contributed by atoms with E-state index in [2.05, 4.69) is 17.1 Å². The summed E-state index contributed by atoms with van der Waals surface area (Å²) >= 11 is 12.3. The lowest BCUT2D eigenvalue weighted by Gasteiger charge is -2.38. The van der Waals surface area contributed by atoms with E-state index in [1.54, 1.807) is 0 Å². The summed E-state index contributed by atoms with van der Waals surface area (Å²) in [5.41, 5.74) is 6.40. The fourth-order valence-corrected chi connectivity index (χ4v) is 6.19. The largest absolute Gasteiger partial charge is 0.456 e. The second-order valence-corrected chi connectivity index (χ2v) is 11.3. The Morgan fingerprint density at radius 3 is 2.17 bits per heavy atom. The molecular formula is C35H26Cl2N2O3. The molecule has 0 aliphatic carbocycles. The molecule has 1 spiro atoms. The number of carbonyl (C=O) groups excluding carboxylic acids is 1. The van der Waals surface area contributed by atoms with Gasteiger partial charge in [-0.1, -0.05) is 41.4 Å². The maximum atomic E-state index is 13.4. The fourth-order valence-electron chi connectivity index (χ4n) is 5.93. The third kappa shape index (κ3) is 4.20. The Hall–Kier alpha value is -4.45. The second-order valence-electron chi connectivity index (χ2n) is 10.4. The van der Waals surface area contributed by atoms with E-state index >= 15 is 0 Å². The zero-order chi connectivity index (χ0) is 29.0. The van der Waals surface area contributed by atoms with E-state index in [0.29, 0.717) is 27.1 Å². The predicted molar refractivity (Wildman–Crippen MR) is 168 cm³/mol. The van der Waals surface area contributed by atoms with Gasteiger partial charge in [-0.25, -0.2) is 4.79 Å². The van der Waals surface area contributed by atoms with Gasteiger partial charge in [0.25, 0.3) is 0 Å². The fraction of sp³-hybridized carbons (Fsp3) is 0.114. The minimum Gasteiger partial charge on any atom is -0.456 e. The molecule has 5 nitrogen and oxygen atoms in total. The number of fused-ring (bicyclic) bond motifs is 6. The van der Waals surface area contributed by atoms with Crippen LogP contribution in [-0.2, 0) is 10.3 Å². The first-order chi connectivity index (χ1) is 20.4. The lowest BCUT2D eigenvalue weighted by molar-refractivity contribution is 0.0224. The van der Waals surface area contributed by atoms with Crippen LogP contribution >= 0.6 is 23.2 Å². The number of rotatable bonds is 5. The van der Waals surface area contributed by atoms with E-state index < -0.39 is 5.60 Å². The number of nitrogens with zero attached hydrogens (tertiary/aromatic N) is 1. The number of carbonyl (C=O) groups is 1. The lowest BCUT2D eigenvalue weighted by Crippen LogP contribution is -2.33. The number of aryl methyl sites for hydroxylation is 1. The van der Waals surface area contributed by atoms with Crippen LogP contribution in [0.15, 0.2) is 103 Å². The maximum Gasteiger partial charge on any atom is 0.340 e. The number of hydrogen-bond acceptors (Lipinski definition) is 5. The highest BCUT2D eigenvalue weighted by molar-refractivity contribution is 6.30. The molecule has 0 radical (unpaired) electrons. The van der Waals surface area contributed by atoms with Gasteiger partial charge in [0.2, 0.25) is 0 Å². The highest BCUT2D eigenvalue weighted by atomic mass is 35.5. The van der Waals surface area contributed by atoms with E-state index in [0.717, 1.165) is 51.5 Å². The first-order valence-electron chi connectivity index (χ1n) is 13.7. The molecular weight excluding hydrogens is 567 g/mol. The number of hydrogen-bond donors (Lipinski definition) is 1. The standard InChI is InChI=1S/C35H26Cl2N2O3/c1-3-39(25-14-10-23(37)11-15-25)26-16-17-29-33(19-26)41-32-18-21(2)31(38-24-12-8-22(36)9-13-24)20-30(32)35(29)28-7-5-4-6-27(28)34(40)42-35/h4-20,38H,3H2,1-2H3. The summed E-state index contributed by atoms with van der Waals surface area (Å²) in [4.78, 5) is 15.5. The number of benzene rings is 5. The Morgan fingerprint density at radius 1 is 0.762 bits per heavy atom. The summed E-state index contributed by atoms with van der Waals surface area (Å²) in [7, 11) is 0. The van der Waals surface area contributed by atoms with Crippen molar-refractivity contribution in [3.63, 3.8) is 0 Å². The topological polar surface area (TPSA) is 50.8 Å². The van der Waals surface area contributed by atoms with Crippen LogP contribution in [0.25, 0.3) is 0 Å². The molecule has 7 rings (SSSR count). The van der Waals surface area contributed by atoms with Gasteiger partial charge in [0, 0.05) is 62.1 Å². The van der Waals surface area contributed by atoms with Crippen molar-refractivity contribution in [2.75, 3.05) is 16.8 Å². The Bertz CT molecular complexity index is 1850. The molecule has 5 aromatic carbocycles. The number of esters is 1. The highest BCUT2D eigenvalue weighted by Crippen LogP contribution is 2.57. The van der Waals surface area contributed by atoms with Crippen LogP contribution in [0.1, 0.15) is 39.5 Å². The first kappa shape index (κ1) is 26.4. The van der Waals surface area contributed by atoms with Crippen LogP contribution in [0.5, 0.6) is 11.5 Å². The van der Waals surface area contributed by atoms with Gasteiger partial charge in [0.05, 0.1) is 5.56 Å². The van der Waals surface area contributed by atoms with Crippen molar-refractivity contribution in [1.29, 1.82) is 0 Å². The van der Waals surface area contributed by atoms with Gasteiger partial charge >= 0.3 is 5.97 Å². The van der Waals surface area contributed by atoms with E-state index in [1.807, 2.05) is 110 Å². The van der Waals surface area contributed by atoms with E-state index in [1.165, 1.54) is 0 Å². The molecule has 0 saturated carbocycles. The molecule has 1 N–H and O–H groups in total. The Labute approximate surface area is 254 Å². The van der Waals surface area contributed by atoms with Gasteiger partial charge in [-0.3, -0.25) is 0 Å². The molecule has 1 unspecified atom stereocenters.